The molecular formula is C21H18O3S. The highest BCUT2D eigenvalue weighted by Crippen LogP contribution is 2.31. The molecule has 0 spiro atoms. The molecule has 3 aromatic rings. The SMILES string of the molecule is O=C(O)[C@H](Cc1ccccc1Oc1ccccc1)Sc1ccccc1. The van der Waals surface area contributed by atoms with Gasteiger partial charge in [0.05, 0.1) is 0 Å². The van der Waals surface area contributed by atoms with Crippen molar-refractivity contribution in [3.8, 4) is 11.5 Å². The van der Waals surface area contributed by atoms with Crippen molar-refractivity contribution in [3.63, 3.8) is 0 Å². The first-order valence-electron chi connectivity index (χ1n) is 7.97. The molecule has 0 heterocycles. The molecule has 3 rings (SSSR count). The molecule has 0 saturated heterocycles. The number of thioether (sulfide) groups is 1. The third-order valence-electron chi connectivity index (χ3n) is 3.65. The predicted molar refractivity (Wildman–Crippen MR) is 100 cm³/mol. The van der Waals surface area contributed by atoms with Gasteiger partial charge in [-0.25, -0.2) is 0 Å². The van der Waals surface area contributed by atoms with Gasteiger partial charge in [-0.3, -0.25) is 4.79 Å². The van der Waals surface area contributed by atoms with E-state index >= 15 is 0 Å². The number of benzene rings is 3. The quantitative estimate of drug-likeness (QED) is 0.590. The summed E-state index contributed by atoms with van der Waals surface area (Å²) in [6.07, 6.45) is 0.387. The van der Waals surface area contributed by atoms with E-state index in [1.807, 2.05) is 84.9 Å². The molecule has 0 radical (unpaired) electrons. The minimum Gasteiger partial charge on any atom is -0.480 e. The van der Waals surface area contributed by atoms with Crippen LogP contribution in [0.4, 0.5) is 0 Å². The molecule has 0 aliphatic heterocycles. The maximum Gasteiger partial charge on any atom is 0.317 e. The normalized spacial score (nSPS) is 11.7. The first-order chi connectivity index (χ1) is 12.2. The summed E-state index contributed by atoms with van der Waals surface area (Å²) in [7, 11) is 0. The number of aliphatic carboxylic acids is 1. The average Bonchev–Trinajstić information content (AvgIpc) is 2.64. The summed E-state index contributed by atoms with van der Waals surface area (Å²) < 4.78 is 5.94. The summed E-state index contributed by atoms with van der Waals surface area (Å²) >= 11 is 1.35. The number of hydrogen-bond acceptors (Lipinski definition) is 3. The Morgan fingerprint density at radius 3 is 2.16 bits per heavy atom. The molecular weight excluding hydrogens is 332 g/mol. The lowest BCUT2D eigenvalue weighted by atomic mass is 10.1. The fourth-order valence-corrected chi connectivity index (χ4v) is 3.44. The van der Waals surface area contributed by atoms with Crippen LogP contribution in [0.15, 0.2) is 89.8 Å². The van der Waals surface area contributed by atoms with Gasteiger partial charge in [-0.15, -0.1) is 11.8 Å². The standard InChI is InChI=1S/C21H18O3S/c22-21(23)20(25-18-12-5-2-6-13-18)15-16-9-7-8-14-19(16)24-17-10-3-1-4-11-17/h1-14,20H,15H2,(H,22,23)/t20-/m0/s1. The molecule has 3 nitrogen and oxygen atoms in total. The van der Waals surface area contributed by atoms with Crippen LogP contribution in [-0.4, -0.2) is 16.3 Å². The summed E-state index contributed by atoms with van der Waals surface area (Å²) in [6.45, 7) is 0. The monoisotopic (exact) mass is 350 g/mol. The molecule has 1 atom stereocenters. The molecule has 4 heteroatoms. The molecule has 1 N–H and O–H groups in total. The summed E-state index contributed by atoms with van der Waals surface area (Å²) in [5, 5.41) is 9.03. The van der Waals surface area contributed by atoms with E-state index in [1.165, 1.54) is 11.8 Å². The molecule has 0 fully saturated rings. The smallest absolute Gasteiger partial charge is 0.317 e. The van der Waals surface area contributed by atoms with Gasteiger partial charge in [0.2, 0.25) is 0 Å². The Kier molecular flexibility index (Phi) is 5.75. The van der Waals surface area contributed by atoms with Crippen molar-refractivity contribution in [3.05, 3.63) is 90.5 Å². The second kappa shape index (κ2) is 8.40. The van der Waals surface area contributed by atoms with Crippen molar-refractivity contribution < 1.29 is 14.6 Å². The molecule has 0 aliphatic rings. The molecule has 0 aromatic heterocycles. The first-order valence-corrected chi connectivity index (χ1v) is 8.85. The van der Waals surface area contributed by atoms with Crippen LogP contribution in [0.3, 0.4) is 0 Å². The molecule has 0 amide bonds. The van der Waals surface area contributed by atoms with Gasteiger partial charge in [-0.2, -0.15) is 0 Å². The van der Waals surface area contributed by atoms with Crippen LogP contribution >= 0.6 is 11.8 Å². The third kappa shape index (κ3) is 4.88. The molecule has 0 bridgehead atoms. The van der Waals surface area contributed by atoms with Crippen LogP contribution in [0.2, 0.25) is 0 Å². The van der Waals surface area contributed by atoms with Gasteiger partial charge in [-0.1, -0.05) is 54.6 Å². The van der Waals surface area contributed by atoms with Gasteiger partial charge < -0.3 is 9.84 Å². The number of rotatable bonds is 7. The van der Waals surface area contributed by atoms with Gasteiger partial charge in [0.25, 0.3) is 0 Å². The summed E-state index contributed by atoms with van der Waals surface area (Å²) in [5.74, 6) is 0.592. The highest BCUT2D eigenvalue weighted by molar-refractivity contribution is 8.00. The third-order valence-corrected chi connectivity index (χ3v) is 4.84. The lowest BCUT2D eigenvalue weighted by Crippen LogP contribution is -2.19. The van der Waals surface area contributed by atoms with E-state index in [-0.39, 0.29) is 0 Å². The minimum atomic E-state index is -0.830. The van der Waals surface area contributed by atoms with Crippen molar-refractivity contribution in [2.24, 2.45) is 0 Å². The van der Waals surface area contributed by atoms with Crippen LogP contribution in [0, 0.1) is 0 Å². The van der Waals surface area contributed by atoms with Crippen molar-refractivity contribution >= 4 is 17.7 Å². The second-order valence-electron chi connectivity index (χ2n) is 5.48. The van der Waals surface area contributed by atoms with Gasteiger partial charge in [-0.05, 0) is 42.3 Å². The van der Waals surface area contributed by atoms with Crippen molar-refractivity contribution in [1.82, 2.24) is 0 Å². The first kappa shape index (κ1) is 17.1. The second-order valence-corrected chi connectivity index (χ2v) is 6.76. The Hall–Kier alpha value is -2.72. The van der Waals surface area contributed by atoms with E-state index < -0.39 is 11.2 Å². The minimum absolute atomic E-state index is 0.387. The Bertz CT molecular complexity index is 819. The maximum absolute atomic E-state index is 11.7. The Balaban J connectivity index is 1.79. The van der Waals surface area contributed by atoms with E-state index in [1.54, 1.807) is 0 Å². The Morgan fingerprint density at radius 1 is 0.880 bits per heavy atom. The zero-order chi connectivity index (χ0) is 17.5. The lowest BCUT2D eigenvalue weighted by Gasteiger charge is -2.15. The van der Waals surface area contributed by atoms with Crippen molar-refractivity contribution in [1.29, 1.82) is 0 Å². The fraction of sp³-hybridized carbons (Fsp3) is 0.0952. The summed E-state index contributed by atoms with van der Waals surface area (Å²) in [5.41, 5.74) is 0.877. The van der Waals surface area contributed by atoms with E-state index in [0.717, 1.165) is 16.2 Å². The van der Waals surface area contributed by atoms with Gasteiger partial charge in [0.1, 0.15) is 16.7 Å². The van der Waals surface area contributed by atoms with Gasteiger partial charge in [0.15, 0.2) is 0 Å². The van der Waals surface area contributed by atoms with Gasteiger partial charge >= 0.3 is 5.97 Å². The topological polar surface area (TPSA) is 46.5 Å². The molecule has 126 valence electrons. The van der Waals surface area contributed by atoms with Gasteiger partial charge in [0, 0.05) is 4.90 Å². The van der Waals surface area contributed by atoms with Crippen LogP contribution in [0.25, 0.3) is 0 Å². The van der Waals surface area contributed by atoms with Crippen LogP contribution in [0.1, 0.15) is 5.56 Å². The molecule has 0 aliphatic carbocycles. The van der Waals surface area contributed by atoms with E-state index in [9.17, 15) is 9.90 Å². The number of carboxylic acid groups (broad SMARTS) is 1. The number of ether oxygens (including phenoxy) is 1. The average molecular weight is 350 g/mol. The largest absolute Gasteiger partial charge is 0.480 e. The maximum atomic E-state index is 11.7. The number of carbonyl (C=O) groups is 1. The molecule has 0 unspecified atom stereocenters. The van der Waals surface area contributed by atoms with E-state index in [4.69, 9.17) is 4.74 Å². The molecule has 25 heavy (non-hydrogen) atoms. The van der Waals surface area contributed by atoms with Crippen LogP contribution < -0.4 is 4.74 Å². The number of hydrogen-bond donors (Lipinski definition) is 1. The Morgan fingerprint density at radius 2 is 1.48 bits per heavy atom. The molecule has 3 aromatic carbocycles. The van der Waals surface area contributed by atoms with Crippen LogP contribution in [0.5, 0.6) is 11.5 Å². The van der Waals surface area contributed by atoms with E-state index in [0.29, 0.717) is 12.2 Å². The molecule has 0 saturated carbocycles. The zero-order valence-electron chi connectivity index (χ0n) is 13.5. The Labute approximate surface area is 151 Å². The van der Waals surface area contributed by atoms with Crippen molar-refractivity contribution in [2.75, 3.05) is 0 Å². The highest BCUT2D eigenvalue weighted by Gasteiger charge is 2.21. The highest BCUT2D eigenvalue weighted by atomic mass is 32.2. The van der Waals surface area contributed by atoms with Crippen LogP contribution in [-0.2, 0) is 11.2 Å². The summed E-state index contributed by atoms with van der Waals surface area (Å²) in [4.78, 5) is 12.7. The predicted octanol–water partition coefficient (Wildman–Crippen LogP) is 5.27. The van der Waals surface area contributed by atoms with Crippen molar-refractivity contribution in [2.45, 2.75) is 16.6 Å². The lowest BCUT2D eigenvalue weighted by molar-refractivity contribution is -0.136. The number of carboxylic acids is 1. The van der Waals surface area contributed by atoms with E-state index in [2.05, 4.69) is 0 Å². The zero-order valence-corrected chi connectivity index (χ0v) is 14.4. The summed E-state index contributed by atoms with van der Waals surface area (Å²) in [6, 6.07) is 26.7. The number of para-hydroxylation sites is 2. The fourth-order valence-electron chi connectivity index (χ4n) is 2.43.